The molecule has 3 nitrogen and oxygen atoms in total. The van der Waals surface area contributed by atoms with E-state index in [1.807, 2.05) is 0 Å². The van der Waals surface area contributed by atoms with Crippen LogP contribution in [-0.2, 0) is 4.74 Å². The zero-order chi connectivity index (χ0) is 10.5. The largest absolute Gasteiger partial charge is 0.394 e. The van der Waals surface area contributed by atoms with Crippen molar-refractivity contribution in [1.29, 1.82) is 0 Å². The van der Waals surface area contributed by atoms with E-state index in [4.69, 9.17) is 9.84 Å². The molecular formula is C12H23NO2. The average Bonchev–Trinajstić information content (AvgIpc) is 2.93. The van der Waals surface area contributed by atoms with E-state index in [0.717, 1.165) is 25.2 Å². The molecule has 2 rings (SSSR count). The first-order chi connectivity index (χ1) is 7.42. The standard InChI is InChI=1S/C12H23NO2/c14-8-10-15-9-7-13(12-5-6-12)11-3-1-2-4-11/h11-12,14H,1-10H2. The van der Waals surface area contributed by atoms with Crippen molar-refractivity contribution in [2.75, 3.05) is 26.4 Å². The van der Waals surface area contributed by atoms with Gasteiger partial charge in [-0.3, -0.25) is 4.90 Å². The van der Waals surface area contributed by atoms with Crippen molar-refractivity contribution in [2.45, 2.75) is 50.6 Å². The van der Waals surface area contributed by atoms with Gasteiger partial charge in [-0.25, -0.2) is 0 Å². The second kappa shape index (κ2) is 5.83. The Morgan fingerprint density at radius 2 is 1.67 bits per heavy atom. The molecule has 0 aromatic heterocycles. The minimum Gasteiger partial charge on any atom is -0.394 e. The van der Waals surface area contributed by atoms with Gasteiger partial charge in [0.2, 0.25) is 0 Å². The van der Waals surface area contributed by atoms with Gasteiger partial charge in [-0.2, -0.15) is 0 Å². The van der Waals surface area contributed by atoms with E-state index in [9.17, 15) is 0 Å². The SMILES string of the molecule is OCCOCCN(C1CCCC1)C1CC1. The summed E-state index contributed by atoms with van der Waals surface area (Å²) in [5.74, 6) is 0. The van der Waals surface area contributed by atoms with Crippen molar-refractivity contribution < 1.29 is 9.84 Å². The molecule has 0 saturated heterocycles. The Morgan fingerprint density at radius 1 is 1.00 bits per heavy atom. The van der Waals surface area contributed by atoms with Gasteiger partial charge < -0.3 is 9.84 Å². The smallest absolute Gasteiger partial charge is 0.0698 e. The topological polar surface area (TPSA) is 32.7 Å². The second-order valence-electron chi connectivity index (χ2n) is 4.74. The van der Waals surface area contributed by atoms with Gasteiger partial charge in [0.25, 0.3) is 0 Å². The van der Waals surface area contributed by atoms with Crippen LogP contribution in [0.25, 0.3) is 0 Å². The van der Waals surface area contributed by atoms with Gasteiger partial charge in [0.15, 0.2) is 0 Å². The van der Waals surface area contributed by atoms with Crippen LogP contribution < -0.4 is 0 Å². The lowest BCUT2D eigenvalue weighted by Crippen LogP contribution is -2.37. The lowest BCUT2D eigenvalue weighted by molar-refractivity contribution is 0.0609. The zero-order valence-corrected chi connectivity index (χ0v) is 9.53. The van der Waals surface area contributed by atoms with E-state index in [1.165, 1.54) is 38.5 Å². The lowest BCUT2D eigenvalue weighted by Gasteiger charge is -2.28. The fourth-order valence-corrected chi connectivity index (χ4v) is 2.64. The highest BCUT2D eigenvalue weighted by Crippen LogP contribution is 2.33. The first kappa shape index (κ1) is 11.4. The molecule has 0 aliphatic heterocycles. The molecule has 0 aromatic rings. The molecule has 15 heavy (non-hydrogen) atoms. The highest BCUT2D eigenvalue weighted by molar-refractivity contribution is 4.90. The van der Waals surface area contributed by atoms with E-state index in [2.05, 4.69) is 4.90 Å². The van der Waals surface area contributed by atoms with Crippen LogP contribution in [0.4, 0.5) is 0 Å². The van der Waals surface area contributed by atoms with Gasteiger partial charge in [-0.1, -0.05) is 12.8 Å². The lowest BCUT2D eigenvalue weighted by atomic mass is 10.2. The fraction of sp³-hybridized carbons (Fsp3) is 1.00. The summed E-state index contributed by atoms with van der Waals surface area (Å²) in [5, 5.41) is 8.63. The van der Waals surface area contributed by atoms with Crippen molar-refractivity contribution in [3.05, 3.63) is 0 Å². The van der Waals surface area contributed by atoms with Gasteiger partial charge >= 0.3 is 0 Å². The Kier molecular flexibility index (Phi) is 4.42. The summed E-state index contributed by atoms with van der Waals surface area (Å²) < 4.78 is 5.36. The molecule has 0 atom stereocenters. The average molecular weight is 213 g/mol. The summed E-state index contributed by atoms with van der Waals surface area (Å²) in [6, 6.07) is 1.68. The number of rotatable bonds is 7. The highest BCUT2D eigenvalue weighted by Gasteiger charge is 2.34. The van der Waals surface area contributed by atoms with Crippen LogP contribution in [0.1, 0.15) is 38.5 Å². The molecule has 0 heterocycles. The molecule has 0 aromatic carbocycles. The molecule has 3 heteroatoms. The maximum atomic E-state index is 8.63. The zero-order valence-electron chi connectivity index (χ0n) is 9.53. The summed E-state index contributed by atoms with van der Waals surface area (Å²) in [5.41, 5.74) is 0. The Morgan fingerprint density at radius 3 is 2.27 bits per heavy atom. The summed E-state index contributed by atoms with van der Waals surface area (Å²) in [7, 11) is 0. The maximum absolute atomic E-state index is 8.63. The Bertz CT molecular complexity index is 176. The van der Waals surface area contributed by atoms with Crippen molar-refractivity contribution >= 4 is 0 Å². The molecule has 1 N–H and O–H groups in total. The van der Waals surface area contributed by atoms with E-state index >= 15 is 0 Å². The van der Waals surface area contributed by atoms with Crippen molar-refractivity contribution in [2.24, 2.45) is 0 Å². The molecular weight excluding hydrogens is 190 g/mol. The first-order valence-corrected chi connectivity index (χ1v) is 6.36. The Labute approximate surface area is 92.4 Å². The van der Waals surface area contributed by atoms with Gasteiger partial charge in [-0.15, -0.1) is 0 Å². The van der Waals surface area contributed by atoms with Crippen molar-refractivity contribution in [3.63, 3.8) is 0 Å². The van der Waals surface area contributed by atoms with Gasteiger partial charge in [-0.05, 0) is 25.7 Å². The third-order valence-electron chi connectivity index (χ3n) is 3.54. The van der Waals surface area contributed by atoms with Crippen LogP contribution in [0.3, 0.4) is 0 Å². The monoisotopic (exact) mass is 213 g/mol. The molecule has 0 radical (unpaired) electrons. The van der Waals surface area contributed by atoms with E-state index in [1.54, 1.807) is 0 Å². The number of nitrogens with zero attached hydrogens (tertiary/aromatic N) is 1. The summed E-state index contributed by atoms with van der Waals surface area (Å²) in [6.07, 6.45) is 8.36. The Hall–Kier alpha value is -0.120. The minimum absolute atomic E-state index is 0.146. The quantitative estimate of drug-likeness (QED) is 0.649. The van der Waals surface area contributed by atoms with E-state index in [0.29, 0.717) is 6.61 Å². The number of ether oxygens (including phenoxy) is 1. The minimum atomic E-state index is 0.146. The third-order valence-corrected chi connectivity index (χ3v) is 3.54. The molecule has 2 aliphatic carbocycles. The predicted molar refractivity (Wildman–Crippen MR) is 59.9 cm³/mol. The molecule has 0 unspecified atom stereocenters. The summed E-state index contributed by atoms with van der Waals surface area (Å²) >= 11 is 0. The van der Waals surface area contributed by atoms with E-state index < -0.39 is 0 Å². The van der Waals surface area contributed by atoms with Crippen LogP contribution in [0.5, 0.6) is 0 Å². The molecule has 0 spiro atoms. The molecule has 2 aliphatic rings. The molecule has 0 bridgehead atoms. The van der Waals surface area contributed by atoms with Gasteiger partial charge in [0.05, 0.1) is 19.8 Å². The van der Waals surface area contributed by atoms with Crippen molar-refractivity contribution in [3.8, 4) is 0 Å². The van der Waals surface area contributed by atoms with Crippen LogP contribution >= 0.6 is 0 Å². The fourth-order valence-electron chi connectivity index (χ4n) is 2.64. The van der Waals surface area contributed by atoms with Crippen LogP contribution in [0.15, 0.2) is 0 Å². The number of hydrogen-bond donors (Lipinski definition) is 1. The summed E-state index contributed by atoms with van der Waals surface area (Å²) in [4.78, 5) is 2.66. The van der Waals surface area contributed by atoms with Gasteiger partial charge in [0.1, 0.15) is 0 Å². The first-order valence-electron chi connectivity index (χ1n) is 6.36. The highest BCUT2D eigenvalue weighted by atomic mass is 16.5. The number of aliphatic hydroxyl groups excluding tert-OH is 1. The summed E-state index contributed by atoms with van der Waals surface area (Å²) in [6.45, 7) is 2.49. The number of aliphatic hydroxyl groups is 1. The Balaban J connectivity index is 1.68. The predicted octanol–water partition coefficient (Wildman–Crippen LogP) is 1.40. The molecule has 2 saturated carbocycles. The maximum Gasteiger partial charge on any atom is 0.0698 e. The van der Waals surface area contributed by atoms with E-state index in [-0.39, 0.29) is 6.61 Å². The van der Waals surface area contributed by atoms with Crippen LogP contribution in [0, 0.1) is 0 Å². The molecule has 88 valence electrons. The van der Waals surface area contributed by atoms with Crippen molar-refractivity contribution in [1.82, 2.24) is 4.90 Å². The molecule has 0 amide bonds. The second-order valence-corrected chi connectivity index (χ2v) is 4.74. The van der Waals surface area contributed by atoms with Gasteiger partial charge in [0, 0.05) is 18.6 Å². The number of hydrogen-bond acceptors (Lipinski definition) is 3. The van der Waals surface area contributed by atoms with Crippen LogP contribution in [0.2, 0.25) is 0 Å². The molecule has 2 fully saturated rings. The van der Waals surface area contributed by atoms with Crippen LogP contribution in [-0.4, -0.2) is 48.5 Å². The third kappa shape index (κ3) is 3.44. The normalized spacial score (nSPS) is 22.8.